The molecule has 90 valence electrons. The number of carboxylic acids is 1. The van der Waals surface area contributed by atoms with Crippen molar-refractivity contribution in [2.24, 2.45) is 0 Å². The first-order valence-corrected chi connectivity index (χ1v) is 4.99. The number of aromatic amines is 1. The fourth-order valence-corrected chi connectivity index (χ4v) is 1.39. The summed E-state index contributed by atoms with van der Waals surface area (Å²) in [6.07, 6.45) is 0. The number of aromatic nitrogens is 4. The predicted molar refractivity (Wildman–Crippen MR) is 61.7 cm³/mol. The van der Waals surface area contributed by atoms with Gasteiger partial charge in [0.25, 0.3) is 0 Å². The summed E-state index contributed by atoms with van der Waals surface area (Å²) in [5, 5.41) is 18.1. The molecule has 0 atom stereocenters. The van der Waals surface area contributed by atoms with Crippen molar-refractivity contribution in [3.63, 3.8) is 0 Å². The maximum Gasteiger partial charge on any atom is 1.00 e. The number of hydrogen-bond donors (Lipinski definition) is 3. The van der Waals surface area contributed by atoms with Gasteiger partial charge in [-0.2, -0.15) is 5.10 Å². The molecule has 18 heavy (non-hydrogen) atoms. The largest absolute Gasteiger partial charge is 1.00 e. The molecule has 0 saturated carbocycles. The van der Waals surface area contributed by atoms with E-state index in [1.807, 2.05) is 6.92 Å². The van der Waals surface area contributed by atoms with Gasteiger partial charge in [-0.05, 0) is 18.5 Å². The molecule has 3 N–H and O–H groups in total. The minimum absolute atomic E-state index is 0. The van der Waals surface area contributed by atoms with Crippen LogP contribution in [0.15, 0.2) is 12.1 Å². The van der Waals surface area contributed by atoms with Gasteiger partial charge in [0.2, 0.25) is 5.28 Å². The van der Waals surface area contributed by atoms with Crippen LogP contribution in [-0.4, -0.2) is 31.2 Å². The van der Waals surface area contributed by atoms with E-state index in [1.165, 1.54) is 6.07 Å². The molecule has 0 unspecified atom stereocenters. The van der Waals surface area contributed by atoms with E-state index in [2.05, 4.69) is 25.5 Å². The van der Waals surface area contributed by atoms with E-state index in [4.69, 9.17) is 16.7 Å². The fourth-order valence-electron chi connectivity index (χ4n) is 1.20. The quantitative estimate of drug-likeness (QED) is 0.477. The summed E-state index contributed by atoms with van der Waals surface area (Å²) in [5.41, 5.74) is 0.686. The molecule has 0 spiro atoms. The number of aromatic carboxylic acids is 1. The summed E-state index contributed by atoms with van der Waals surface area (Å²) in [5.74, 6) is -0.377. The van der Waals surface area contributed by atoms with Crippen molar-refractivity contribution in [2.45, 2.75) is 6.92 Å². The number of nitrogens with zero attached hydrogens (tertiary/aromatic N) is 3. The third kappa shape index (κ3) is 3.67. The predicted octanol–water partition coefficient (Wildman–Crippen LogP) is -1.28. The Balaban J connectivity index is 0.00000162. The van der Waals surface area contributed by atoms with Crippen LogP contribution in [0, 0.1) is 6.92 Å². The van der Waals surface area contributed by atoms with Gasteiger partial charge < -0.3 is 11.8 Å². The molecule has 2 aromatic rings. The molecule has 0 aliphatic rings. The first kappa shape index (κ1) is 14.9. The van der Waals surface area contributed by atoms with Crippen molar-refractivity contribution in [1.29, 1.82) is 0 Å². The Morgan fingerprint density at radius 3 is 2.72 bits per heavy atom. The Hall–Kier alpha value is -1.15. The van der Waals surface area contributed by atoms with Crippen LogP contribution < -0.4 is 34.9 Å². The van der Waals surface area contributed by atoms with E-state index >= 15 is 0 Å². The summed E-state index contributed by atoms with van der Waals surface area (Å²) < 4.78 is 0. The molecule has 0 saturated heterocycles. The van der Waals surface area contributed by atoms with Crippen LogP contribution in [0.5, 0.6) is 0 Å². The first-order valence-electron chi connectivity index (χ1n) is 4.61. The second kappa shape index (κ2) is 6.14. The maximum absolute atomic E-state index is 10.8. The van der Waals surface area contributed by atoms with E-state index in [9.17, 15) is 4.79 Å². The van der Waals surface area contributed by atoms with Crippen molar-refractivity contribution < 1.29 is 40.9 Å². The summed E-state index contributed by atoms with van der Waals surface area (Å²) in [6, 6.07) is 3.02. The van der Waals surface area contributed by atoms with Gasteiger partial charge in [-0.3, -0.25) is 5.10 Å². The van der Waals surface area contributed by atoms with Crippen molar-refractivity contribution in [3.05, 3.63) is 28.8 Å². The zero-order valence-corrected chi connectivity index (χ0v) is 12.5. The molecule has 0 aliphatic heterocycles. The van der Waals surface area contributed by atoms with E-state index in [1.54, 1.807) is 6.07 Å². The molecule has 0 bridgehead atoms. The number of rotatable bonds is 3. The number of anilines is 2. The van der Waals surface area contributed by atoms with Crippen LogP contribution in [0.3, 0.4) is 0 Å². The summed E-state index contributed by atoms with van der Waals surface area (Å²) >= 11 is 5.61. The zero-order chi connectivity index (χ0) is 12.4. The Labute approximate surface area is 131 Å². The third-order valence-corrected chi connectivity index (χ3v) is 2.05. The molecule has 9 heteroatoms. The molecule has 0 aromatic carbocycles. The van der Waals surface area contributed by atoms with E-state index in [0.29, 0.717) is 5.82 Å². The summed E-state index contributed by atoms with van der Waals surface area (Å²) in [6.45, 7) is 1.84. The normalized spacial score (nSPS) is 9.67. The maximum atomic E-state index is 10.8. The molecule has 7 nitrogen and oxygen atoms in total. The van der Waals surface area contributed by atoms with Gasteiger partial charge in [0.05, 0.1) is 0 Å². The average molecular weight is 278 g/mol. The molecule has 2 aromatic heterocycles. The van der Waals surface area contributed by atoms with Crippen LogP contribution >= 0.6 is 11.6 Å². The number of halogens is 1. The molecule has 2 rings (SSSR count). The van der Waals surface area contributed by atoms with E-state index < -0.39 is 5.97 Å². The van der Waals surface area contributed by atoms with Crippen molar-refractivity contribution in [2.75, 3.05) is 5.32 Å². The first-order chi connectivity index (χ1) is 8.04. The Kier molecular flexibility index (Phi) is 5.09. The molecular weight excluding hydrogens is 269 g/mol. The summed E-state index contributed by atoms with van der Waals surface area (Å²) in [7, 11) is 0. The standard InChI is InChI=1S/C9H8ClN5O2.Na.H/c1-4-2-7(15-14-4)12-6-3-5(8(16)17)11-9(10)13-6;;/h2-3H,1H3,(H,16,17)(H2,11,12,13,14,15);;/q;+1;-1. The van der Waals surface area contributed by atoms with Gasteiger partial charge in [0, 0.05) is 17.8 Å². The SMILES string of the molecule is Cc1cc(Nc2cc(C(=O)O)nc(Cl)n2)n[nH]1.[H-].[Na+]. The number of nitrogens with one attached hydrogen (secondary N) is 2. The van der Waals surface area contributed by atoms with Crippen LogP contribution in [-0.2, 0) is 0 Å². The number of H-pyrrole nitrogens is 1. The van der Waals surface area contributed by atoms with Crippen molar-refractivity contribution >= 4 is 29.2 Å². The van der Waals surface area contributed by atoms with Crippen LogP contribution in [0.25, 0.3) is 0 Å². The van der Waals surface area contributed by atoms with Crippen molar-refractivity contribution in [1.82, 2.24) is 20.2 Å². The molecule has 0 radical (unpaired) electrons. The second-order valence-corrected chi connectivity index (χ2v) is 3.61. The fraction of sp³-hybridized carbons (Fsp3) is 0.111. The molecule has 0 amide bonds. The number of carboxylic acid groups (broad SMARTS) is 1. The number of carbonyl (C=O) groups is 1. The van der Waals surface area contributed by atoms with Crippen LogP contribution in [0.1, 0.15) is 17.6 Å². The van der Waals surface area contributed by atoms with Gasteiger partial charge in [-0.25, -0.2) is 14.8 Å². The molecule has 2 heterocycles. The van der Waals surface area contributed by atoms with Gasteiger partial charge in [0.1, 0.15) is 5.82 Å². The smallest absolute Gasteiger partial charge is 1.00 e. The molecule has 0 aliphatic carbocycles. The Bertz CT molecular complexity index is 579. The van der Waals surface area contributed by atoms with Crippen molar-refractivity contribution in [3.8, 4) is 0 Å². The zero-order valence-electron chi connectivity index (χ0n) is 10.7. The van der Waals surface area contributed by atoms with Gasteiger partial charge >= 0.3 is 35.5 Å². The second-order valence-electron chi connectivity index (χ2n) is 3.27. The van der Waals surface area contributed by atoms with Gasteiger partial charge in [-0.1, -0.05) is 0 Å². The Morgan fingerprint density at radius 1 is 1.44 bits per heavy atom. The minimum atomic E-state index is -1.17. The van der Waals surface area contributed by atoms with Crippen LogP contribution in [0.4, 0.5) is 11.6 Å². The van der Waals surface area contributed by atoms with Gasteiger partial charge in [-0.15, -0.1) is 0 Å². The van der Waals surface area contributed by atoms with E-state index in [-0.39, 0.29) is 47.8 Å². The third-order valence-electron chi connectivity index (χ3n) is 1.88. The number of aryl methyl sites for hydroxylation is 1. The topological polar surface area (TPSA) is 104 Å². The molecule has 0 fully saturated rings. The number of hydrogen-bond acceptors (Lipinski definition) is 5. The van der Waals surface area contributed by atoms with Crippen LogP contribution in [0.2, 0.25) is 5.28 Å². The average Bonchev–Trinajstić information content (AvgIpc) is 2.63. The monoisotopic (exact) mass is 277 g/mol. The Morgan fingerprint density at radius 2 is 2.17 bits per heavy atom. The molecular formula is C9H9ClN5NaO2. The van der Waals surface area contributed by atoms with Gasteiger partial charge in [0.15, 0.2) is 11.5 Å². The minimum Gasteiger partial charge on any atom is -1.00 e. The van der Waals surface area contributed by atoms with E-state index in [0.717, 1.165) is 5.69 Å². The summed E-state index contributed by atoms with van der Waals surface area (Å²) in [4.78, 5) is 18.2.